The molecule has 1 aromatic heterocycles. The van der Waals surface area contributed by atoms with Gasteiger partial charge >= 0.3 is 0 Å². The highest BCUT2D eigenvalue weighted by Gasteiger charge is 2.14. The van der Waals surface area contributed by atoms with Crippen LogP contribution in [0.4, 0.5) is 5.69 Å². The Labute approximate surface area is 131 Å². The van der Waals surface area contributed by atoms with Crippen LogP contribution in [0.1, 0.15) is 25.1 Å². The van der Waals surface area contributed by atoms with Gasteiger partial charge < -0.3 is 10.6 Å². The predicted molar refractivity (Wildman–Crippen MR) is 89.8 cm³/mol. The van der Waals surface area contributed by atoms with Gasteiger partial charge in [0.25, 0.3) is 0 Å². The van der Waals surface area contributed by atoms with Gasteiger partial charge in [-0.3, -0.25) is 4.98 Å². The molecule has 1 aromatic carbocycles. The van der Waals surface area contributed by atoms with Crippen molar-refractivity contribution < 1.29 is 0 Å². The molecule has 0 aliphatic carbocycles. The van der Waals surface area contributed by atoms with E-state index in [1.165, 1.54) is 0 Å². The Hall–Kier alpha value is -1.58. The molecule has 0 aliphatic heterocycles. The molecule has 0 saturated carbocycles. The normalized spacial score (nSPS) is 12.2. The van der Waals surface area contributed by atoms with Crippen molar-refractivity contribution in [2.75, 3.05) is 11.4 Å². The maximum atomic E-state index is 6.38. The number of hydrogen-bond donors (Lipinski definition) is 1. The summed E-state index contributed by atoms with van der Waals surface area (Å²) in [6.07, 6.45) is 2.59. The minimum absolute atomic E-state index is 0.0807. The van der Waals surface area contributed by atoms with E-state index in [2.05, 4.69) is 22.9 Å². The highest BCUT2D eigenvalue weighted by Crippen LogP contribution is 2.29. The molecule has 2 aromatic rings. The molecule has 3 nitrogen and oxygen atoms in total. The van der Waals surface area contributed by atoms with E-state index < -0.39 is 0 Å². The number of benzene rings is 1. The summed E-state index contributed by atoms with van der Waals surface area (Å²) in [4.78, 5) is 6.69. The fraction of sp³-hybridized carbons (Fsp3) is 0.353. The third-order valence-electron chi connectivity index (χ3n) is 3.42. The van der Waals surface area contributed by atoms with Gasteiger partial charge in [0, 0.05) is 29.5 Å². The molecule has 0 radical (unpaired) electrons. The lowest BCUT2D eigenvalue weighted by atomic mass is 10.0. The molecule has 2 N–H and O–H groups in total. The second-order valence-corrected chi connectivity index (χ2v) is 5.66. The Balaban J connectivity index is 2.31. The van der Waals surface area contributed by atoms with Crippen LogP contribution in [0.3, 0.4) is 0 Å². The second-order valence-electron chi connectivity index (χ2n) is 5.25. The van der Waals surface area contributed by atoms with Gasteiger partial charge in [-0.1, -0.05) is 23.7 Å². The number of halogens is 1. The summed E-state index contributed by atoms with van der Waals surface area (Å²) < 4.78 is 0. The Bertz CT molecular complexity index is 570. The summed E-state index contributed by atoms with van der Waals surface area (Å²) in [5.41, 5.74) is 9.28. The van der Waals surface area contributed by atoms with Crippen LogP contribution in [0.2, 0.25) is 5.02 Å². The Morgan fingerprint density at radius 1 is 1.24 bits per heavy atom. The molecular formula is C17H22ClN3. The van der Waals surface area contributed by atoms with Crippen molar-refractivity contribution in [3.63, 3.8) is 0 Å². The lowest BCUT2D eigenvalue weighted by molar-refractivity contribution is 0.727. The Morgan fingerprint density at radius 2 is 2.05 bits per heavy atom. The quantitative estimate of drug-likeness (QED) is 0.885. The van der Waals surface area contributed by atoms with Gasteiger partial charge in [-0.15, -0.1) is 0 Å². The lowest BCUT2D eigenvalue weighted by Crippen LogP contribution is -2.26. The summed E-state index contributed by atoms with van der Waals surface area (Å²) >= 11 is 6.38. The fourth-order valence-corrected chi connectivity index (χ4v) is 2.67. The zero-order valence-corrected chi connectivity index (χ0v) is 13.3. The van der Waals surface area contributed by atoms with E-state index in [4.69, 9.17) is 17.3 Å². The van der Waals surface area contributed by atoms with Crippen LogP contribution in [0.15, 0.2) is 42.6 Å². The van der Waals surface area contributed by atoms with Crippen LogP contribution in [0.25, 0.3) is 0 Å². The van der Waals surface area contributed by atoms with Crippen molar-refractivity contribution in [1.82, 2.24) is 4.98 Å². The number of rotatable bonds is 6. The molecule has 4 heteroatoms. The predicted octanol–water partition coefficient (Wildman–Crippen LogP) is 3.65. The smallest absolute Gasteiger partial charge is 0.0602 e. The van der Waals surface area contributed by atoms with Crippen molar-refractivity contribution >= 4 is 17.3 Å². The van der Waals surface area contributed by atoms with Gasteiger partial charge in [-0.25, -0.2) is 0 Å². The monoisotopic (exact) mass is 303 g/mol. The molecule has 112 valence electrons. The first-order chi connectivity index (χ1) is 10.1. The molecule has 0 fully saturated rings. The fourth-order valence-electron chi connectivity index (χ4n) is 2.42. The number of hydrogen-bond acceptors (Lipinski definition) is 3. The summed E-state index contributed by atoms with van der Waals surface area (Å²) in [6, 6.07) is 12.1. The standard InChI is InChI=1S/C17H22ClN3/c1-3-21(12-14-7-4-5-10-20-14)17-9-6-8-16(18)15(17)11-13(2)19/h4-10,13H,3,11-12,19H2,1-2H3. The maximum absolute atomic E-state index is 6.38. The molecule has 0 aliphatic rings. The highest BCUT2D eigenvalue weighted by molar-refractivity contribution is 6.31. The van der Waals surface area contributed by atoms with E-state index in [1.54, 1.807) is 0 Å². The zero-order valence-electron chi connectivity index (χ0n) is 12.6. The Kier molecular flexibility index (Phi) is 5.59. The molecule has 0 saturated heterocycles. The SMILES string of the molecule is CCN(Cc1ccccn1)c1cccc(Cl)c1CC(C)N. The number of aromatic nitrogens is 1. The van der Waals surface area contributed by atoms with E-state index in [9.17, 15) is 0 Å². The number of anilines is 1. The van der Waals surface area contributed by atoms with Crippen LogP contribution in [0, 0.1) is 0 Å². The Morgan fingerprint density at radius 3 is 2.67 bits per heavy atom. The highest BCUT2D eigenvalue weighted by atomic mass is 35.5. The second kappa shape index (κ2) is 7.43. The van der Waals surface area contributed by atoms with Gasteiger partial charge in [-0.2, -0.15) is 0 Å². The van der Waals surface area contributed by atoms with Gasteiger partial charge in [0.2, 0.25) is 0 Å². The number of nitrogens with two attached hydrogens (primary N) is 1. The average Bonchev–Trinajstić information content (AvgIpc) is 2.48. The van der Waals surface area contributed by atoms with Gasteiger partial charge in [-0.05, 0) is 50.1 Å². The molecule has 0 spiro atoms. The van der Waals surface area contributed by atoms with Crippen molar-refractivity contribution in [2.45, 2.75) is 32.9 Å². The van der Waals surface area contributed by atoms with E-state index >= 15 is 0 Å². The van der Waals surface area contributed by atoms with Crippen molar-refractivity contribution in [3.05, 3.63) is 58.9 Å². The molecule has 2 rings (SSSR count). The van der Waals surface area contributed by atoms with Gasteiger partial charge in [0.15, 0.2) is 0 Å². The minimum atomic E-state index is 0.0807. The van der Waals surface area contributed by atoms with Crippen LogP contribution in [0.5, 0.6) is 0 Å². The van der Waals surface area contributed by atoms with Crippen LogP contribution >= 0.6 is 11.6 Å². The lowest BCUT2D eigenvalue weighted by Gasteiger charge is -2.26. The molecule has 1 atom stereocenters. The van der Waals surface area contributed by atoms with Crippen molar-refractivity contribution in [2.24, 2.45) is 5.73 Å². The molecule has 1 heterocycles. The van der Waals surface area contributed by atoms with Crippen molar-refractivity contribution in [1.29, 1.82) is 0 Å². The topological polar surface area (TPSA) is 42.2 Å². The van der Waals surface area contributed by atoms with E-state index in [0.717, 1.165) is 41.5 Å². The van der Waals surface area contributed by atoms with E-state index in [1.807, 2.05) is 43.5 Å². The third kappa shape index (κ3) is 4.19. The van der Waals surface area contributed by atoms with Crippen LogP contribution in [-0.2, 0) is 13.0 Å². The zero-order chi connectivity index (χ0) is 15.2. The number of nitrogens with zero attached hydrogens (tertiary/aromatic N) is 2. The van der Waals surface area contributed by atoms with Crippen LogP contribution < -0.4 is 10.6 Å². The molecule has 0 bridgehead atoms. The first-order valence-electron chi connectivity index (χ1n) is 7.29. The largest absolute Gasteiger partial charge is 0.366 e. The molecular weight excluding hydrogens is 282 g/mol. The summed E-state index contributed by atoms with van der Waals surface area (Å²) in [5, 5.41) is 0.782. The minimum Gasteiger partial charge on any atom is -0.366 e. The third-order valence-corrected chi connectivity index (χ3v) is 3.78. The van der Waals surface area contributed by atoms with E-state index in [-0.39, 0.29) is 6.04 Å². The summed E-state index contributed by atoms with van der Waals surface area (Å²) in [5.74, 6) is 0. The summed E-state index contributed by atoms with van der Waals surface area (Å²) in [7, 11) is 0. The van der Waals surface area contributed by atoms with Crippen molar-refractivity contribution in [3.8, 4) is 0 Å². The average molecular weight is 304 g/mol. The number of pyridine rings is 1. The van der Waals surface area contributed by atoms with Crippen LogP contribution in [-0.4, -0.2) is 17.6 Å². The first kappa shape index (κ1) is 15.8. The molecule has 0 amide bonds. The van der Waals surface area contributed by atoms with Gasteiger partial charge in [0.05, 0.1) is 12.2 Å². The first-order valence-corrected chi connectivity index (χ1v) is 7.67. The van der Waals surface area contributed by atoms with Gasteiger partial charge in [0.1, 0.15) is 0 Å². The molecule has 1 unspecified atom stereocenters. The maximum Gasteiger partial charge on any atom is 0.0602 e. The summed E-state index contributed by atoms with van der Waals surface area (Å²) in [6.45, 7) is 5.80. The van der Waals surface area contributed by atoms with E-state index in [0.29, 0.717) is 0 Å². The molecule has 21 heavy (non-hydrogen) atoms.